The minimum absolute atomic E-state index is 0.0319. The van der Waals surface area contributed by atoms with Gasteiger partial charge in [-0.25, -0.2) is 9.36 Å². The van der Waals surface area contributed by atoms with Gasteiger partial charge >= 0.3 is 5.69 Å². The summed E-state index contributed by atoms with van der Waals surface area (Å²) < 4.78 is 0.875. The normalized spacial score (nSPS) is 10.7. The first-order chi connectivity index (χ1) is 8.40. The van der Waals surface area contributed by atoms with Crippen LogP contribution in [0.3, 0.4) is 0 Å². The predicted octanol–water partition coefficient (Wildman–Crippen LogP) is 2.79. The van der Waals surface area contributed by atoms with Crippen LogP contribution >= 0.6 is 34.8 Å². The number of aromatic nitrogens is 2. The Kier molecular flexibility index (Phi) is 3.52. The standard InChI is InChI=1S/C11H7Cl3N2O2/c1-5-2-7(13)8(3-6(5)12)16-10(17)4-9(14)15-11(16)18/h2-4H,1H3,(H,15,18). The van der Waals surface area contributed by atoms with Crippen molar-refractivity contribution in [2.45, 2.75) is 6.92 Å². The number of aromatic amines is 1. The van der Waals surface area contributed by atoms with E-state index in [4.69, 9.17) is 34.8 Å². The summed E-state index contributed by atoms with van der Waals surface area (Å²) in [6, 6.07) is 4.14. The molecular weight excluding hydrogens is 298 g/mol. The minimum atomic E-state index is -0.672. The molecule has 0 amide bonds. The van der Waals surface area contributed by atoms with Crippen molar-refractivity contribution >= 4 is 34.8 Å². The van der Waals surface area contributed by atoms with Crippen molar-refractivity contribution in [3.63, 3.8) is 0 Å². The Hall–Kier alpha value is -1.23. The molecule has 0 fully saturated rings. The fourth-order valence-corrected chi connectivity index (χ4v) is 2.14. The van der Waals surface area contributed by atoms with E-state index in [1.165, 1.54) is 6.07 Å². The molecule has 0 unspecified atom stereocenters. The summed E-state index contributed by atoms with van der Waals surface area (Å²) in [6.45, 7) is 1.77. The molecular formula is C11H7Cl3N2O2. The third-order valence-electron chi connectivity index (χ3n) is 2.37. The smallest absolute Gasteiger partial charge is 0.297 e. The van der Waals surface area contributed by atoms with Gasteiger partial charge < -0.3 is 0 Å². The molecule has 1 N–H and O–H groups in total. The van der Waals surface area contributed by atoms with Gasteiger partial charge in [0.15, 0.2) is 0 Å². The predicted molar refractivity (Wildman–Crippen MR) is 72.4 cm³/mol. The second-order valence-corrected chi connectivity index (χ2v) is 4.87. The summed E-state index contributed by atoms with van der Waals surface area (Å²) in [5.74, 6) is 0. The van der Waals surface area contributed by atoms with Crippen molar-refractivity contribution in [1.82, 2.24) is 9.55 Å². The maximum absolute atomic E-state index is 11.8. The van der Waals surface area contributed by atoms with Crippen LogP contribution in [0.5, 0.6) is 0 Å². The van der Waals surface area contributed by atoms with E-state index in [0.717, 1.165) is 16.2 Å². The number of H-pyrrole nitrogens is 1. The highest BCUT2D eigenvalue weighted by atomic mass is 35.5. The first kappa shape index (κ1) is 13.2. The van der Waals surface area contributed by atoms with Crippen molar-refractivity contribution in [3.8, 4) is 5.69 Å². The summed E-state index contributed by atoms with van der Waals surface area (Å²) in [6.07, 6.45) is 0. The Bertz CT molecular complexity index is 703. The largest absolute Gasteiger partial charge is 0.334 e. The van der Waals surface area contributed by atoms with Crippen molar-refractivity contribution in [3.05, 3.63) is 59.8 Å². The van der Waals surface area contributed by atoms with E-state index in [-0.39, 0.29) is 15.9 Å². The Morgan fingerprint density at radius 2 is 1.72 bits per heavy atom. The maximum atomic E-state index is 11.8. The SMILES string of the molecule is Cc1cc(Cl)c(-n2c(=O)cc(Cl)[nH]c2=O)cc1Cl. The molecule has 2 rings (SSSR count). The topological polar surface area (TPSA) is 54.9 Å². The van der Waals surface area contributed by atoms with Crippen molar-refractivity contribution in [2.75, 3.05) is 0 Å². The van der Waals surface area contributed by atoms with Gasteiger partial charge in [-0.1, -0.05) is 34.8 Å². The van der Waals surface area contributed by atoms with Crippen molar-refractivity contribution in [2.24, 2.45) is 0 Å². The number of nitrogens with zero attached hydrogens (tertiary/aromatic N) is 1. The van der Waals surface area contributed by atoms with Gasteiger partial charge in [-0.3, -0.25) is 9.78 Å². The highest BCUT2D eigenvalue weighted by molar-refractivity contribution is 6.35. The first-order valence-corrected chi connectivity index (χ1v) is 6.01. The molecule has 0 atom stereocenters. The van der Waals surface area contributed by atoms with Crippen LogP contribution in [0.1, 0.15) is 5.56 Å². The minimum Gasteiger partial charge on any atom is -0.297 e. The Balaban J connectivity index is 2.82. The van der Waals surface area contributed by atoms with E-state index in [1.54, 1.807) is 13.0 Å². The summed E-state index contributed by atoms with van der Waals surface area (Å²) in [5.41, 5.74) is -0.279. The molecule has 0 saturated heterocycles. The Labute approximate surface area is 117 Å². The molecule has 0 aliphatic rings. The van der Waals surface area contributed by atoms with E-state index < -0.39 is 11.2 Å². The summed E-state index contributed by atoms with van der Waals surface area (Å²) in [5, 5.41) is 0.637. The molecule has 7 heteroatoms. The van der Waals surface area contributed by atoms with Gasteiger partial charge in [0.2, 0.25) is 0 Å². The Morgan fingerprint density at radius 3 is 2.33 bits per heavy atom. The lowest BCUT2D eigenvalue weighted by atomic mass is 10.2. The molecule has 0 spiro atoms. The molecule has 1 aromatic carbocycles. The lowest BCUT2D eigenvalue weighted by Gasteiger charge is -2.08. The summed E-state index contributed by atoms with van der Waals surface area (Å²) >= 11 is 17.6. The number of aryl methyl sites for hydroxylation is 1. The molecule has 0 aliphatic heterocycles. The molecule has 2 aromatic rings. The lowest BCUT2D eigenvalue weighted by Crippen LogP contribution is -2.33. The van der Waals surface area contributed by atoms with E-state index in [0.29, 0.717) is 5.02 Å². The maximum Gasteiger partial charge on any atom is 0.334 e. The molecule has 0 radical (unpaired) electrons. The second-order valence-electron chi connectivity index (χ2n) is 3.65. The third kappa shape index (κ3) is 2.32. The molecule has 0 aliphatic carbocycles. The van der Waals surface area contributed by atoms with Gasteiger partial charge in [-0.05, 0) is 24.6 Å². The van der Waals surface area contributed by atoms with Crippen LogP contribution in [0.2, 0.25) is 15.2 Å². The van der Waals surface area contributed by atoms with Crippen LogP contribution in [-0.2, 0) is 0 Å². The van der Waals surface area contributed by atoms with Gasteiger partial charge in [0.1, 0.15) is 5.15 Å². The van der Waals surface area contributed by atoms with E-state index in [1.807, 2.05) is 0 Å². The molecule has 18 heavy (non-hydrogen) atoms. The first-order valence-electron chi connectivity index (χ1n) is 4.88. The van der Waals surface area contributed by atoms with E-state index in [2.05, 4.69) is 4.98 Å². The highest BCUT2D eigenvalue weighted by Crippen LogP contribution is 2.26. The fourth-order valence-electron chi connectivity index (χ4n) is 1.50. The molecule has 94 valence electrons. The molecule has 4 nitrogen and oxygen atoms in total. The van der Waals surface area contributed by atoms with Gasteiger partial charge in [0.25, 0.3) is 5.56 Å². The van der Waals surface area contributed by atoms with Crippen LogP contribution < -0.4 is 11.2 Å². The van der Waals surface area contributed by atoms with Crippen LogP contribution in [0.4, 0.5) is 0 Å². The van der Waals surface area contributed by atoms with E-state index in [9.17, 15) is 9.59 Å². The van der Waals surface area contributed by atoms with E-state index >= 15 is 0 Å². The zero-order chi connectivity index (χ0) is 13.4. The van der Waals surface area contributed by atoms with Gasteiger partial charge in [-0.2, -0.15) is 0 Å². The van der Waals surface area contributed by atoms with Crippen LogP contribution in [0, 0.1) is 6.92 Å². The molecule has 1 heterocycles. The monoisotopic (exact) mass is 304 g/mol. The summed E-state index contributed by atoms with van der Waals surface area (Å²) in [7, 11) is 0. The zero-order valence-electron chi connectivity index (χ0n) is 9.13. The van der Waals surface area contributed by atoms with Gasteiger partial charge in [-0.15, -0.1) is 0 Å². The number of halogens is 3. The summed E-state index contributed by atoms with van der Waals surface area (Å²) in [4.78, 5) is 25.8. The van der Waals surface area contributed by atoms with Gasteiger partial charge in [0, 0.05) is 11.1 Å². The average molecular weight is 306 g/mol. The number of benzene rings is 1. The fraction of sp³-hybridized carbons (Fsp3) is 0.0909. The van der Waals surface area contributed by atoms with Crippen LogP contribution in [0.25, 0.3) is 5.69 Å². The molecule has 1 aromatic heterocycles. The Morgan fingerprint density at radius 1 is 1.06 bits per heavy atom. The molecule has 0 saturated carbocycles. The van der Waals surface area contributed by atoms with Crippen molar-refractivity contribution in [1.29, 1.82) is 0 Å². The molecule has 0 bridgehead atoms. The second kappa shape index (κ2) is 4.80. The van der Waals surface area contributed by atoms with Crippen LogP contribution in [-0.4, -0.2) is 9.55 Å². The average Bonchev–Trinajstić information content (AvgIpc) is 2.24. The van der Waals surface area contributed by atoms with Crippen LogP contribution in [0.15, 0.2) is 27.8 Å². The zero-order valence-corrected chi connectivity index (χ0v) is 11.4. The third-order valence-corrected chi connectivity index (χ3v) is 3.28. The highest BCUT2D eigenvalue weighted by Gasteiger charge is 2.11. The number of hydrogen-bond acceptors (Lipinski definition) is 2. The number of hydrogen-bond donors (Lipinski definition) is 1. The van der Waals surface area contributed by atoms with Gasteiger partial charge in [0.05, 0.1) is 10.7 Å². The van der Waals surface area contributed by atoms with Crippen molar-refractivity contribution < 1.29 is 0 Å². The number of rotatable bonds is 1. The quantitative estimate of drug-likeness (QED) is 0.824. The number of nitrogens with one attached hydrogen (secondary N) is 1. The lowest BCUT2D eigenvalue weighted by molar-refractivity contribution is 0.876.